The van der Waals surface area contributed by atoms with Crippen molar-refractivity contribution < 1.29 is 22.3 Å². The number of hydrogen-bond acceptors (Lipinski definition) is 3. The van der Waals surface area contributed by atoms with Crippen molar-refractivity contribution in [1.82, 2.24) is 4.31 Å². The molecule has 0 aromatic heterocycles. The van der Waals surface area contributed by atoms with Gasteiger partial charge in [-0.3, -0.25) is 0 Å². The Bertz CT molecular complexity index is 479. The van der Waals surface area contributed by atoms with Crippen LogP contribution in [-0.4, -0.2) is 37.5 Å². The third kappa shape index (κ3) is 3.04. The first-order valence-electron chi connectivity index (χ1n) is 5.50. The molecule has 0 radical (unpaired) electrons. The van der Waals surface area contributed by atoms with Gasteiger partial charge in [0.1, 0.15) is 11.6 Å². The molecule has 0 spiro atoms. The lowest BCUT2D eigenvalue weighted by Crippen LogP contribution is -2.35. The van der Waals surface area contributed by atoms with Gasteiger partial charge in [0.25, 0.3) is 0 Å². The van der Waals surface area contributed by atoms with Crippen LogP contribution in [0.5, 0.6) is 0 Å². The zero-order valence-corrected chi connectivity index (χ0v) is 10.8. The molecule has 0 unspecified atom stereocenters. The van der Waals surface area contributed by atoms with Crippen LogP contribution in [0.1, 0.15) is 13.3 Å². The summed E-state index contributed by atoms with van der Waals surface area (Å²) in [6.07, 6.45) is 0.481. The molecular weight excluding hydrogens is 264 g/mol. The third-order valence-corrected chi connectivity index (χ3v) is 4.29. The molecule has 1 aromatic carbocycles. The van der Waals surface area contributed by atoms with Crippen molar-refractivity contribution in [3.05, 3.63) is 29.8 Å². The van der Waals surface area contributed by atoms with Gasteiger partial charge < -0.3 is 5.11 Å². The van der Waals surface area contributed by atoms with Gasteiger partial charge in [0.2, 0.25) is 10.0 Å². The second kappa shape index (κ2) is 6.21. The van der Waals surface area contributed by atoms with Gasteiger partial charge in [-0.1, -0.05) is 13.0 Å². The topological polar surface area (TPSA) is 57.6 Å². The van der Waals surface area contributed by atoms with Gasteiger partial charge in [-0.05, 0) is 18.6 Å². The molecule has 0 fully saturated rings. The standard InChI is InChI=1S/C11H15F2NO3S/c1-2-6-14(7-8-15)18(16,17)11-9(12)4-3-5-10(11)13/h3-5,15H,2,6-8H2,1H3. The number of benzene rings is 1. The summed E-state index contributed by atoms with van der Waals surface area (Å²) in [5.41, 5.74) is 0. The van der Waals surface area contributed by atoms with Crippen molar-refractivity contribution in [2.45, 2.75) is 18.2 Å². The number of nitrogens with zero attached hydrogens (tertiary/aromatic N) is 1. The molecule has 0 aliphatic rings. The van der Waals surface area contributed by atoms with Crippen molar-refractivity contribution >= 4 is 10.0 Å². The zero-order valence-electron chi connectivity index (χ0n) is 9.94. The lowest BCUT2D eigenvalue weighted by molar-refractivity contribution is 0.253. The van der Waals surface area contributed by atoms with Crippen molar-refractivity contribution in [3.8, 4) is 0 Å². The van der Waals surface area contributed by atoms with Crippen LogP contribution in [0.3, 0.4) is 0 Å². The highest BCUT2D eigenvalue weighted by atomic mass is 32.2. The summed E-state index contributed by atoms with van der Waals surface area (Å²) in [4.78, 5) is -0.966. The van der Waals surface area contributed by atoms with E-state index >= 15 is 0 Å². The number of aliphatic hydroxyl groups excluding tert-OH is 1. The molecule has 1 aromatic rings. The van der Waals surface area contributed by atoms with Gasteiger partial charge >= 0.3 is 0 Å². The summed E-state index contributed by atoms with van der Waals surface area (Å²) in [6, 6.07) is 2.87. The maximum Gasteiger partial charge on any atom is 0.249 e. The fourth-order valence-corrected chi connectivity index (χ4v) is 3.20. The van der Waals surface area contributed by atoms with E-state index in [1.165, 1.54) is 0 Å². The molecule has 0 aliphatic heterocycles. The number of aliphatic hydroxyl groups is 1. The fourth-order valence-electron chi connectivity index (χ4n) is 1.57. The zero-order chi connectivity index (χ0) is 13.8. The Morgan fingerprint density at radius 3 is 2.22 bits per heavy atom. The number of halogens is 2. The SMILES string of the molecule is CCCN(CCO)S(=O)(=O)c1c(F)cccc1F. The number of hydrogen-bond donors (Lipinski definition) is 1. The van der Waals surface area contributed by atoms with Gasteiger partial charge in [0.15, 0.2) is 4.90 Å². The second-order valence-corrected chi connectivity index (χ2v) is 5.55. The minimum atomic E-state index is -4.26. The predicted octanol–water partition coefficient (Wildman–Crippen LogP) is 1.36. The van der Waals surface area contributed by atoms with E-state index in [0.717, 1.165) is 22.5 Å². The Hall–Kier alpha value is -1.05. The molecule has 0 atom stereocenters. The minimum Gasteiger partial charge on any atom is -0.395 e. The normalized spacial score (nSPS) is 12.1. The molecular formula is C11H15F2NO3S. The Morgan fingerprint density at radius 1 is 1.22 bits per heavy atom. The van der Waals surface area contributed by atoms with Crippen LogP contribution in [0.25, 0.3) is 0 Å². The molecule has 1 N–H and O–H groups in total. The Balaban J connectivity index is 3.26. The highest BCUT2D eigenvalue weighted by Gasteiger charge is 2.29. The molecule has 4 nitrogen and oxygen atoms in total. The number of sulfonamides is 1. The maximum absolute atomic E-state index is 13.5. The Kier molecular flexibility index (Phi) is 5.18. The van der Waals surface area contributed by atoms with Gasteiger partial charge in [0, 0.05) is 13.1 Å². The quantitative estimate of drug-likeness (QED) is 0.855. The monoisotopic (exact) mass is 279 g/mol. The van der Waals surface area contributed by atoms with Gasteiger partial charge in [-0.25, -0.2) is 17.2 Å². The molecule has 0 aliphatic carbocycles. The highest BCUT2D eigenvalue weighted by molar-refractivity contribution is 7.89. The molecule has 0 amide bonds. The molecule has 0 saturated heterocycles. The molecule has 7 heteroatoms. The smallest absolute Gasteiger partial charge is 0.249 e. The Morgan fingerprint density at radius 2 is 1.78 bits per heavy atom. The summed E-state index contributed by atoms with van der Waals surface area (Å²) >= 11 is 0. The van der Waals surface area contributed by atoms with E-state index in [-0.39, 0.29) is 13.1 Å². The lowest BCUT2D eigenvalue weighted by Gasteiger charge is -2.21. The molecule has 1 rings (SSSR count). The average Bonchev–Trinajstić information content (AvgIpc) is 2.28. The van der Waals surface area contributed by atoms with Crippen LogP contribution in [0.15, 0.2) is 23.1 Å². The maximum atomic E-state index is 13.5. The molecule has 0 heterocycles. The average molecular weight is 279 g/mol. The van der Waals surface area contributed by atoms with Crippen LogP contribution in [0, 0.1) is 11.6 Å². The lowest BCUT2D eigenvalue weighted by atomic mass is 10.3. The molecule has 0 bridgehead atoms. The molecule has 0 saturated carbocycles. The van der Waals surface area contributed by atoms with E-state index in [9.17, 15) is 17.2 Å². The molecule has 102 valence electrons. The Labute approximate surface area is 105 Å². The van der Waals surface area contributed by atoms with Crippen LogP contribution in [0.2, 0.25) is 0 Å². The third-order valence-electron chi connectivity index (χ3n) is 2.34. The van der Waals surface area contributed by atoms with Crippen LogP contribution in [-0.2, 0) is 10.0 Å². The first kappa shape index (κ1) is 15.0. The summed E-state index contributed by atoms with van der Waals surface area (Å²) in [6.45, 7) is 1.23. The second-order valence-electron chi connectivity index (χ2n) is 3.68. The van der Waals surface area contributed by atoms with E-state index in [1.54, 1.807) is 6.92 Å². The highest BCUT2D eigenvalue weighted by Crippen LogP contribution is 2.22. The predicted molar refractivity (Wildman–Crippen MR) is 62.5 cm³/mol. The summed E-state index contributed by atoms with van der Waals surface area (Å²) < 4.78 is 52.0. The van der Waals surface area contributed by atoms with Crippen molar-refractivity contribution in [2.75, 3.05) is 19.7 Å². The first-order chi connectivity index (χ1) is 8.45. The fraction of sp³-hybridized carbons (Fsp3) is 0.455. The van der Waals surface area contributed by atoms with Gasteiger partial charge in [-0.2, -0.15) is 4.31 Å². The van der Waals surface area contributed by atoms with E-state index in [0.29, 0.717) is 6.42 Å². The van der Waals surface area contributed by atoms with Crippen LogP contribution < -0.4 is 0 Å². The first-order valence-corrected chi connectivity index (χ1v) is 6.94. The van der Waals surface area contributed by atoms with Crippen molar-refractivity contribution in [2.24, 2.45) is 0 Å². The van der Waals surface area contributed by atoms with E-state index < -0.39 is 33.2 Å². The summed E-state index contributed by atoms with van der Waals surface area (Å²) in [5, 5.41) is 8.82. The summed E-state index contributed by atoms with van der Waals surface area (Å²) in [5.74, 6) is -2.26. The minimum absolute atomic E-state index is 0.0939. The van der Waals surface area contributed by atoms with Crippen molar-refractivity contribution in [1.29, 1.82) is 0 Å². The van der Waals surface area contributed by atoms with E-state index in [4.69, 9.17) is 5.11 Å². The number of rotatable bonds is 6. The van der Waals surface area contributed by atoms with Crippen LogP contribution in [0.4, 0.5) is 8.78 Å². The van der Waals surface area contributed by atoms with Gasteiger partial charge in [-0.15, -0.1) is 0 Å². The van der Waals surface area contributed by atoms with Gasteiger partial charge in [0.05, 0.1) is 6.61 Å². The largest absolute Gasteiger partial charge is 0.395 e. The summed E-state index contributed by atoms with van der Waals surface area (Å²) in [7, 11) is -4.26. The molecule has 18 heavy (non-hydrogen) atoms. The van der Waals surface area contributed by atoms with Crippen molar-refractivity contribution in [3.63, 3.8) is 0 Å². The van der Waals surface area contributed by atoms with E-state index in [1.807, 2.05) is 0 Å². The van der Waals surface area contributed by atoms with Crippen LogP contribution >= 0.6 is 0 Å². The van der Waals surface area contributed by atoms with E-state index in [2.05, 4.69) is 0 Å².